The Balaban J connectivity index is 1.69. The van der Waals surface area contributed by atoms with Crippen molar-refractivity contribution in [2.75, 3.05) is 6.61 Å². The second-order valence-corrected chi connectivity index (χ2v) is 7.07. The number of aromatic nitrogens is 5. The molecule has 0 spiro atoms. The van der Waals surface area contributed by atoms with Crippen molar-refractivity contribution in [1.82, 2.24) is 24.7 Å². The summed E-state index contributed by atoms with van der Waals surface area (Å²) >= 11 is 0. The average molecular weight is 327 g/mol. The van der Waals surface area contributed by atoms with Gasteiger partial charge in [0.1, 0.15) is 0 Å². The summed E-state index contributed by atoms with van der Waals surface area (Å²) < 4.78 is 13.1. The van der Waals surface area contributed by atoms with E-state index in [9.17, 15) is 0 Å². The molecule has 1 fully saturated rings. The first kappa shape index (κ1) is 15.3. The summed E-state index contributed by atoms with van der Waals surface area (Å²) in [6.07, 6.45) is 3.58. The van der Waals surface area contributed by atoms with Gasteiger partial charge in [-0.3, -0.25) is 0 Å². The Morgan fingerprint density at radius 3 is 2.92 bits per heavy atom. The minimum atomic E-state index is -0.146. The third kappa shape index (κ3) is 2.58. The zero-order valence-electron chi connectivity index (χ0n) is 14.4. The zero-order valence-corrected chi connectivity index (χ0v) is 14.4. The van der Waals surface area contributed by atoms with Gasteiger partial charge in [0.15, 0.2) is 11.5 Å². The lowest BCUT2D eigenvalue weighted by molar-refractivity contribution is -0.0604. The SMILES string of the molecule is Cc1cc2ncc(-c3nc(C4CCOC(C)(C)C4)no3)c(C)n2n1. The number of rotatable bonds is 2. The van der Waals surface area contributed by atoms with Gasteiger partial charge in [0.05, 0.1) is 22.6 Å². The average Bonchev–Trinajstić information content (AvgIpc) is 3.13. The van der Waals surface area contributed by atoms with Crippen LogP contribution in [0.15, 0.2) is 16.8 Å². The molecule has 1 aliphatic heterocycles. The molecule has 1 atom stereocenters. The van der Waals surface area contributed by atoms with Gasteiger partial charge in [-0.25, -0.2) is 9.50 Å². The highest BCUT2D eigenvalue weighted by Gasteiger charge is 2.32. The second-order valence-electron chi connectivity index (χ2n) is 7.07. The van der Waals surface area contributed by atoms with Gasteiger partial charge in [-0.2, -0.15) is 10.1 Å². The van der Waals surface area contributed by atoms with Crippen molar-refractivity contribution in [2.24, 2.45) is 0 Å². The predicted molar refractivity (Wildman–Crippen MR) is 87.8 cm³/mol. The fourth-order valence-corrected chi connectivity index (χ4v) is 3.34. The molecular weight excluding hydrogens is 306 g/mol. The van der Waals surface area contributed by atoms with Gasteiger partial charge in [-0.1, -0.05) is 5.16 Å². The molecule has 126 valence electrons. The molecule has 0 bridgehead atoms. The molecule has 3 aromatic heterocycles. The van der Waals surface area contributed by atoms with E-state index in [0.717, 1.165) is 47.9 Å². The maximum Gasteiger partial charge on any atom is 0.261 e. The fraction of sp³-hybridized carbons (Fsp3) is 0.529. The third-order valence-corrected chi connectivity index (χ3v) is 4.58. The molecule has 4 heterocycles. The van der Waals surface area contributed by atoms with Crippen molar-refractivity contribution < 1.29 is 9.26 Å². The van der Waals surface area contributed by atoms with Crippen LogP contribution >= 0.6 is 0 Å². The molecular formula is C17H21N5O2. The quantitative estimate of drug-likeness (QED) is 0.720. The number of hydrogen-bond acceptors (Lipinski definition) is 6. The van der Waals surface area contributed by atoms with E-state index < -0.39 is 0 Å². The highest BCUT2D eigenvalue weighted by Crippen LogP contribution is 2.35. The van der Waals surface area contributed by atoms with Crippen molar-refractivity contribution in [1.29, 1.82) is 0 Å². The minimum Gasteiger partial charge on any atom is -0.376 e. The van der Waals surface area contributed by atoms with Crippen LogP contribution in [0.3, 0.4) is 0 Å². The second kappa shape index (κ2) is 5.37. The lowest BCUT2D eigenvalue weighted by Gasteiger charge is -2.34. The topological polar surface area (TPSA) is 78.3 Å². The van der Waals surface area contributed by atoms with Crippen molar-refractivity contribution in [3.8, 4) is 11.5 Å². The van der Waals surface area contributed by atoms with E-state index in [1.807, 2.05) is 24.4 Å². The van der Waals surface area contributed by atoms with Gasteiger partial charge in [0.25, 0.3) is 5.89 Å². The highest BCUT2D eigenvalue weighted by molar-refractivity contribution is 5.58. The van der Waals surface area contributed by atoms with Crippen LogP contribution in [0.1, 0.15) is 49.8 Å². The molecule has 0 saturated carbocycles. The summed E-state index contributed by atoms with van der Waals surface area (Å²) in [5, 5.41) is 8.67. The number of fused-ring (bicyclic) bond motifs is 1. The van der Waals surface area contributed by atoms with Crippen molar-refractivity contribution in [3.63, 3.8) is 0 Å². The molecule has 0 N–H and O–H groups in total. The lowest BCUT2D eigenvalue weighted by Crippen LogP contribution is -2.33. The first-order valence-corrected chi connectivity index (χ1v) is 8.23. The van der Waals surface area contributed by atoms with E-state index in [1.165, 1.54) is 0 Å². The number of nitrogens with zero attached hydrogens (tertiary/aromatic N) is 5. The van der Waals surface area contributed by atoms with Crippen molar-refractivity contribution >= 4 is 5.65 Å². The van der Waals surface area contributed by atoms with Crippen LogP contribution in [0.5, 0.6) is 0 Å². The van der Waals surface area contributed by atoms with Crippen LogP contribution in [-0.4, -0.2) is 36.9 Å². The van der Waals surface area contributed by atoms with E-state index in [2.05, 4.69) is 34.1 Å². The molecule has 3 aromatic rings. The monoisotopic (exact) mass is 327 g/mol. The predicted octanol–water partition coefficient (Wildman–Crippen LogP) is 3.07. The van der Waals surface area contributed by atoms with E-state index in [4.69, 9.17) is 9.26 Å². The highest BCUT2D eigenvalue weighted by atomic mass is 16.5. The van der Waals surface area contributed by atoms with Crippen LogP contribution in [0, 0.1) is 13.8 Å². The van der Waals surface area contributed by atoms with Gasteiger partial charge < -0.3 is 9.26 Å². The van der Waals surface area contributed by atoms with Crippen LogP contribution in [0.4, 0.5) is 0 Å². The Morgan fingerprint density at radius 2 is 2.12 bits per heavy atom. The molecule has 0 amide bonds. The first-order valence-electron chi connectivity index (χ1n) is 8.23. The van der Waals surface area contributed by atoms with E-state index in [1.54, 1.807) is 6.20 Å². The summed E-state index contributed by atoms with van der Waals surface area (Å²) in [5.41, 5.74) is 3.36. The van der Waals surface area contributed by atoms with Gasteiger partial charge in [0, 0.05) is 24.8 Å². The van der Waals surface area contributed by atoms with Gasteiger partial charge in [-0.05, 0) is 40.5 Å². The minimum absolute atomic E-state index is 0.146. The Labute approximate surface area is 140 Å². The smallest absolute Gasteiger partial charge is 0.261 e. The summed E-state index contributed by atoms with van der Waals surface area (Å²) in [4.78, 5) is 9.07. The van der Waals surface area contributed by atoms with Gasteiger partial charge in [-0.15, -0.1) is 0 Å². The normalized spacial score (nSPS) is 20.6. The Morgan fingerprint density at radius 1 is 1.29 bits per heavy atom. The summed E-state index contributed by atoms with van der Waals surface area (Å²) in [6.45, 7) is 8.86. The standard InChI is InChI=1S/C17H21N5O2/c1-10-7-14-18-9-13(11(2)22(14)20-10)16-19-15(21-24-16)12-5-6-23-17(3,4)8-12/h7,9,12H,5-6,8H2,1-4H3. The van der Waals surface area contributed by atoms with E-state index in [-0.39, 0.29) is 11.5 Å². The maximum absolute atomic E-state index is 5.77. The zero-order chi connectivity index (χ0) is 16.9. The number of ether oxygens (including phenoxy) is 1. The van der Waals surface area contributed by atoms with Crippen LogP contribution < -0.4 is 0 Å². The van der Waals surface area contributed by atoms with Crippen LogP contribution in [0.25, 0.3) is 17.1 Å². The molecule has 1 aliphatic rings. The summed E-state index contributed by atoms with van der Waals surface area (Å²) in [6, 6.07) is 1.94. The molecule has 24 heavy (non-hydrogen) atoms. The maximum atomic E-state index is 5.77. The molecule has 4 rings (SSSR count). The Hall–Kier alpha value is -2.28. The van der Waals surface area contributed by atoms with E-state index >= 15 is 0 Å². The Bertz CT molecular complexity index is 896. The third-order valence-electron chi connectivity index (χ3n) is 4.58. The molecule has 0 radical (unpaired) electrons. The molecule has 0 aliphatic carbocycles. The number of aryl methyl sites for hydroxylation is 2. The first-order chi connectivity index (χ1) is 11.4. The lowest BCUT2D eigenvalue weighted by atomic mass is 9.88. The van der Waals surface area contributed by atoms with Crippen molar-refractivity contribution in [2.45, 2.75) is 52.1 Å². The summed E-state index contributed by atoms with van der Waals surface area (Å²) in [7, 11) is 0. The molecule has 1 unspecified atom stereocenters. The Kier molecular flexibility index (Phi) is 3.42. The summed E-state index contributed by atoms with van der Waals surface area (Å²) in [5.74, 6) is 1.50. The molecule has 7 nitrogen and oxygen atoms in total. The van der Waals surface area contributed by atoms with Crippen LogP contribution in [0.2, 0.25) is 0 Å². The van der Waals surface area contributed by atoms with E-state index in [0.29, 0.717) is 5.89 Å². The van der Waals surface area contributed by atoms with Gasteiger partial charge >= 0.3 is 0 Å². The van der Waals surface area contributed by atoms with Crippen molar-refractivity contribution in [3.05, 3.63) is 29.5 Å². The fourth-order valence-electron chi connectivity index (χ4n) is 3.34. The molecule has 7 heteroatoms. The number of hydrogen-bond donors (Lipinski definition) is 0. The van der Waals surface area contributed by atoms with Crippen LogP contribution in [-0.2, 0) is 4.74 Å². The largest absolute Gasteiger partial charge is 0.376 e. The molecule has 0 aromatic carbocycles. The molecule has 1 saturated heterocycles. The van der Waals surface area contributed by atoms with Gasteiger partial charge in [0.2, 0.25) is 0 Å².